The Hall–Kier alpha value is -3.00. The van der Waals surface area contributed by atoms with E-state index in [1.54, 1.807) is 24.3 Å². The van der Waals surface area contributed by atoms with Crippen LogP contribution in [-0.2, 0) is 4.79 Å². The molecule has 1 aliphatic rings. The minimum Gasteiger partial charge on any atom is -0.481 e. The van der Waals surface area contributed by atoms with E-state index in [2.05, 4.69) is 15.9 Å². The molecule has 0 aliphatic carbocycles. The molecule has 132 valence electrons. The van der Waals surface area contributed by atoms with Crippen LogP contribution in [0.3, 0.4) is 0 Å². The van der Waals surface area contributed by atoms with Crippen LogP contribution in [0.5, 0.6) is 0 Å². The first-order valence-electron chi connectivity index (χ1n) is 7.52. The molecule has 1 unspecified atom stereocenters. The van der Waals surface area contributed by atoms with Crippen molar-refractivity contribution in [1.82, 2.24) is 4.90 Å². The topological polar surface area (TPSA) is 112 Å². The van der Waals surface area contributed by atoms with Crippen molar-refractivity contribution >= 4 is 39.7 Å². The van der Waals surface area contributed by atoms with Gasteiger partial charge >= 0.3 is 11.9 Å². The molecule has 0 spiro atoms. The summed E-state index contributed by atoms with van der Waals surface area (Å²) in [5.41, 5.74) is 0.392. The standard InChI is InChI=1S/C18H12BrNO6/c19-11-4-1-9(2-5-11)14(8-15(21)22)20-16(23)12-6-3-10(18(25)26)7-13(12)17(20)24/h1-7,14H,8H2,(H,21,22)(H,25,26). The van der Waals surface area contributed by atoms with E-state index in [1.165, 1.54) is 12.1 Å². The highest BCUT2D eigenvalue weighted by Gasteiger charge is 2.41. The van der Waals surface area contributed by atoms with E-state index < -0.39 is 36.2 Å². The molecule has 0 aromatic heterocycles. The van der Waals surface area contributed by atoms with Crippen molar-refractivity contribution in [2.75, 3.05) is 0 Å². The van der Waals surface area contributed by atoms with Crippen LogP contribution >= 0.6 is 15.9 Å². The summed E-state index contributed by atoms with van der Waals surface area (Å²) in [4.78, 5) is 48.8. The number of amides is 2. The van der Waals surface area contributed by atoms with Crippen LogP contribution in [0.25, 0.3) is 0 Å². The minimum absolute atomic E-state index is 0.0394. The van der Waals surface area contributed by atoms with E-state index in [9.17, 15) is 24.3 Å². The number of halogens is 1. The van der Waals surface area contributed by atoms with Gasteiger partial charge in [0.05, 0.1) is 29.2 Å². The van der Waals surface area contributed by atoms with E-state index in [4.69, 9.17) is 5.11 Å². The fourth-order valence-corrected chi connectivity index (χ4v) is 3.15. The second-order valence-electron chi connectivity index (χ2n) is 5.71. The third-order valence-corrected chi connectivity index (χ3v) is 4.63. The number of carbonyl (C=O) groups is 4. The fraction of sp³-hybridized carbons (Fsp3) is 0.111. The molecule has 2 aromatic carbocycles. The largest absolute Gasteiger partial charge is 0.481 e. The van der Waals surface area contributed by atoms with E-state index in [0.29, 0.717) is 5.56 Å². The summed E-state index contributed by atoms with van der Waals surface area (Å²) in [7, 11) is 0. The van der Waals surface area contributed by atoms with Gasteiger partial charge in [-0.2, -0.15) is 0 Å². The first kappa shape index (κ1) is 17.8. The van der Waals surface area contributed by atoms with Gasteiger partial charge in [0.1, 0.15) is 0 Å². The summed E-state index contributed by atoms with van der Waals surface area (Å²) in [5, 5.41) is 18.3. The van der Waals surface area contributed by atoms with Crippen molar-refractivity contribution in [3.05, 3.63) is 69.2 Å². The summed E-state index contributed by atoms with van der Waals surface area (Å²) in [6.07, 6.45) is -0.459. The first-order chi connectivity index (χ1) is 12.3. The lowest BCUT2D eigenvalue weighted by molar-refractivity contribution is -0.138. The summed E-state index contributed by atoms with van der Waals surface area (Å²) < 4.78 is 0.767. The molecule has 2 N–H and O–H groups in total. The van der Waals surface area contributed by atoms with Crippen molar-refractivity contribution in [1.29, 1.82) is 0 Å². The maximum absolute atomic E-state index is 12.8. The molecule has 2 aromatic rings. The molecule has 0 fully saturated rings. The number of aliphatic carboxylic acids is 1. The average Bonchev–Trinajstić information content (AvgIpc) is 2.84. The third-order valence-electron chi connectivity index (χ3n) is 4.10. The summed E-state index contributed by atoms with van der Waals surface area (Å²) >= 11 is 3.28. The number of hydrogen-bond acceptors (Lipinski definition) is 4. The van der Waals surface area contributed by atoms with Crippen molar-refractivity contribution in [2.24, 2.45) is 0 Å². The molecule has 2 amide bonds. The highest BCUT2D eigenvalue weighted by molar-refractivity contribution is 9.10. The monoisotopic (exact) mass is 417 g/mol. The van der Waals surface area contributed by atoms with E-state index in [0.717, 1.165) is 15.4 Å². The Labute approximate surface area is 156 Å². The van der Waals surface area contributed by atoms with E-state index in [-0.39, 0.29) is 16.7 Å². The maximum Gasteiger partial charge on any atom is 0.335 e. The lowest BCUT2D eigenvalue weighted by atomic mass is 10.0. The normalized spacial score (nSPS) is 14.3. The van der Waals surface area contributed by atoms with Gasteiger partial charge in [-0.15, -0.1) is 0 Å². The van der Waals surface area contributed by atoms with Crippen LogP contribution in [0.2, 0.25) is 0 Å². The van der Waals surface area contributed by atoms with Crippen LogP contribution in [0.15, 0.2) is 46.9 Å². The van der Waals surface area contributed by atoms with Crippen molar-refractivity contribution < 1.29 is 29.4 Å². The van der Waals surface area contributed by atoms with Crippen LogP contribution in [0.1, 0.15) is 49.1 Å². The number of rotatable bonds is 5. The molecule has 0 bridgehead atoms. The molecule has 0 saturated carbocycles. The van der Waals surface area contributed by atoms with Gasteiger partial charge in [0.25, 0.3) is 11.8 Å². The van der Waals surface area contributed by atoms with Gasteiger partial charge in [-0.25, -0.2) is 4.79 Å². The van der Waals surface area contributed by atoms with Gasteiger partial charge in [-0.3, -0.25) is 19.3 Å². The van der Waals surface area contributed by atoms with Gasteiger partial charge in [-0.05, 0) is 35.9 Å². The molecule has 0 radical (unpaired) electrons. The van der Waals surface area contributed by atoms with E-state index >= 15 is 0 Å². The second kappa shape index (κ2) is 6.72. The third kappa shape index (κ3) is 3.11. The maximum atomic E-state index is 12.8. The Kier molecular flexibility index (Phi) is 4.60. The van der Waals surface area contributed by atoms with Gasteiger partial charge in [0.2, 0.25) is 0 Å². The first-order valence-corrected chi connectivity index (χ1v) is 8.31. The van der Waals surface area contributed by atoms with Crippen LogP contribution < -0.4 is 0 Å². The number of hydrogen-bond donors (Lipinski definition) is 2. The van der Waals surface area contributed by atoms with Crippen LogP contribution in [0.4, 0.5) is 0 Å². The molecular weight excluding hydrogens is 406 g/mol. The van der Waals surface area contributed by atoms with Gasteiger partial charge in [0.15, 0.2) is 0 Å². The Morgan fingerprint density at radius 1 is 0.962 bits per heavy atom. The van der Waals surface area contributed by atoms with Crippen molar-refractivity contribution in [3.8, 4) is 0 Å². The highest BCUT2D eigenvalue weighted by atomic mass is 79.9. The van der Waals surface area contributed by atoms with Gasteiger partial charge < -0.3 is 10.2 Å². The van der Waals surface area contributed by atoms with Crippen molar-refractivity contribution in [3.63, 3.8) is 0 Å². The Bertz CT molecular complexity index is 937. The zero-order valence-corrected chi connectivity index (χ0v) is 14.8. The number of aromatic carboxylic acids is 1. The molecule has 0 saturated heterocycles. The van der Waals surface area contributed by atoms with Crippen molar-refractivity contribution in [2.45, 2.75) is 12.5 Å². The summed E-state index contributed by atoms with van der Waals surface area (Å²) in [6.45, 7) is 0. The minimum atomic E-state index is -1.22. The number of fused-ring (bicyclic) bond motifs is 1. The van der Waals surface area contributed by atoms with E-state index in [1.807, 2.05) is 0 Å². The fourth-order valence-electron chi connectivity index (χ4n) is 2.88. The highest BCUT2D eigenvalue weighted by Crippen LogP contribution is 2.34. The number of carboxylic acids is 2. The predicted octanol–water partition coefficient (Wildman–Crippen LogP) is 2.96. The van der Waals surface area contributed by atoms with Crippen LogP contribution in [0, 0.1) is 0 Å². The Balaban J connectivity index is 2.06. The summed E-state index contributed by atoms with van der Waals surface area (Å²) in [6, 6.07) is 9.28. The number of carbonyl (C=O) groups excluding carboxylic acids is 2. The van der Waals surface area contributed by atoms with Gasteiger partial charge in [-0.1, -0.05) is 28.1 Å². The molecule has 8 heteroatoms. The number of imide groups is 1. The SMILES string of the molecule is O=C(O)CC(c1ccc(Br)cc1)N1C(=O)c2ccc(C(=O)O)cc2C1=O. The molecule has 1 aliphatic heterocycles. The molecule has 1 heterocycles. The zero-order valence-electron chi connectivity index (χ0n) is 13.2. The average molecular weight is 418 g/mol. The van der Waals surface area contributed by atoms with Gasteiger partial charge in [0, 0.05) is 4.47 Å². The molecule has 3 rings (SSSR count). The molecule has 7 nitrogen and oxygen atoms in total. The zero-order chi connectivity index (χ0) is 19.0. The smallest absolute Gasteiger partial charge is 0.335 e. The predicted molar refractivity (Wildman–Crippen MR) is 93.0 cm³/mol. The molecule has 1 atom stereocenters. The lowest BCUT2D eigenvalue weighted by Gasteiger charge is -2.25. The summed E-state index contributed by atoms with van der Waals surface area (Å²) in [5.74, 6) is -3.74. The second-order valence-corrected chi connectivity index (χ2v) is 6.63. The molecular formula is C18H12BrNO6. The van der Waals surface area contributed by atoms with Crippen LogP contribution in [-0.4, -0.2) is 38.9 Å². The molecule has 26 heavy (non-hydrogen) atoms. The Morgan fingerprint density at radius 3 is 2.15 bits per heavy atom. The number of benzene rings is 2. The number of nitrogens with zero attached hydrogens (tertiary/aromatic N) is 1. The Morgan fingerprint density at radius 2 is 1.58 bits per heavy atom. The number of carboxylic acid groups (broad SMARTS) is 2. The quantitative estimate of drug-likeness (QED) is 0.723. The lowest BCUT2D eigenvalue weighted by Crippen LogP contribution is -2.35.